The molecule has 0 atom stereocenters. The number of hydrogen-bond donors (Lipinski definition) is 1. The normalized spacial score (nSPS) is 16.9. The van der Waals surface area contributed by atoms with E-state index >= 15 is 0 Å². The van der Waals surface area contributed by atoms with E-state index in [4.69, 9.17) is 5.11 Å². The van der Waals surface area contributed by atoms with E-state index in [1.165, 1.54) is 0 Å². The third-order valence-electron chi connectivity index (χ3n) is 3.33. The Labute approximate surface area is 113 Å². The van der Waals surface area contributed by atoms with Crippen molar-refractivity contribution in [2.75, 3.05) is 37.6 Å². The van der Waals surface area contributed by atoms with Crippen LogP contribution in [0.25, 0.3) is 0 Å². The molecule has 0 saturated carbocycles. The zero-order chi connectivity index (χ0) is 13.8. The molecule has 1 fully saturated rings. The highest BCUT2D eigenvalue weighted by molar-refractivity contribution is 5.85. The SMILES string of the molecule is CC(C)CN1CCN(c2ccc(C(=O)O)nc2)CC1. The number of carbonyl (C=O) groups is 1. The van der Waals surface area contributed by atoms with Gasteiger partial charge in [-0.2, -0.15) is 0 Å². The molecule has 0 unspecified atom stereocenters. The fourth-order valence-electron chi connectivity index (χ4n) is 2.40. The summed E-state index contributed by atoms with van der Waals surface area (Å²) in [6.45, 7) is 9.67. The van der Waals surface area contributed by atoms with Gasteiger partial charge in [-0.15, -0.1) is 0 Å². The van der Waals surface area contributed by atoms with Gasteiger partial charge in [0.05, 0.1) is 11.9 Å². The maximum absolute atomic E-state index is 10.8. The Morgan fingerprint density at radius 1 is 1.32 bits per heavy atom. The summed E-state index contributed by atoms with van der Waals surface area (Å²) in [5.74, 6) is -0.281. The summed E-state index contributed by atoms with van der Waals surface area (Å²) in [7, 11) is 0. The van der Waals surface area contributed by atoms with Crippen LogP contribution in [0.3, 0.4) is 0 Å². The van der Waals surface area contributed by atoms with E-state index in [2.05, 4.69) is 28.6 Å². The Balaban J connectivity index is 1.92. The summed E-state index contributed by atoms with van der Waals surface area (Å²) in [6.07, 6.45) is 1.65. The standard InChI is InChI=1S/C14H21N3O2/c1-11(2)10-16-5-7-17(8-6-16)12-3-4-13(14(18)19)15-9-12/h3-4,9,11H,5-8,10H2,1-2H3,(H,18,19). The van der Waals surface area contributed by atoms with Gasteiger partial charge < -0.3 is 10.0 Å². The molecule has 0 bridgehead atoms. The molecule has 1 aliphatic rings. The van der Waals surface area contributed by atoms with Crippen LogP contribution >= 0.6 is 0 Å². The molecule has 2 heterocycles. The summed E-state index contributed by atoms with van der Waals surface area (Å²) in [6, 6.07) is 3.41. The number of hydrogen-bond acceptors (Lipinski definition) is 4. The topological polar surface area (TPSA) is 56.7 Å². The van der Waals surface area contributed by atoms with Gasteiger partial charge in [0.1, 0.15) is 5.69 Å². The lowest BCUT2D eigenvalue weighted by Gasteiger charge is -2.36. The molecule has 5 heteroatoms. The number of pyridine rings is 1. The van der Waals surface area contributed by atoms with Gasteiger partial charge in [-0.25, -0.2) is 9.78 Å². The van der Waals surface area contributed by atoms with Gasteiger partial charge in [0.25, 0.3) is 0 Å². The van der Waals surface area contributed by atoms with Crippen molar-refractivity contribution < 1.29 is 9.90 Å². The summed E-state index contributed by atoms with van der Waals surface area (Å²) in [5, 5.41) is 8.82. The molecule has 5 nitrogen and oxygen atoms in total. The van der Waals surface area contributed by atoms with Crippen molar-refractivity contribution in [2.24, 2.45) is 5.92 Å². The highest BCUT2D eigenvalue weighted by Crippen LogP contribution is 2.16. The molecule has 2 rings (SSSR count). The average Bonchev–Trinajstić information content (AvgIpc) is 2.39. The predicted octanol–water partition coefficient (Wildman–Crippen LogP) is 1.56. The lowest BCUT2D eigenvalue weighted by molar-refractivity contribution is 0.0690. The second-order valence-corrected chi connectivity index (χ2v) is 5.39. The monoisotopic (exact) mass is 263 g/mol. The van der Waals surface area contributed by atoms with E-state index in [1.54, 1.807) is 12.3 Å². The van der Waals surface area contributed by atoms with Gasteiger partial charge in [-0.05, 0) is 18.1 Å². The van der Waals surface area contributed by atoms with Gasteiger partial charge in [0, 0.05) is 32.7 Å². The zero-order valence-electron chi connectivity index (χ0n) is 11.5. The molecular weight excluding hydrogens is 242 g/mol. The molecule has 0 aliphatic carbocycles. The van der Waals surface area contributed by atoms with E-state index < -0.39 is 5.97 Å². The molecule has 1 N–H and O–H groups in total. The first-order valence-electron chi connectivity index (χ1n) is 6.73. The zero-order valence-corrected chi connectivity index (χ0v) is 11.5. The van der Waals surface area contributed by atoms with E-state index in [0.29, 0.717) is 5.92 Å². The third kappa shape index (κ3) is 3.67. The number of nitrogens with zero attached hydrogens (tertiary/aromatic N) is 3. The van der Waals surface area contributed by atoms with E-state index in [-0.39, 0.29) is 5.69 Å². The second-order valence-electron chi connectivity index (χ2n) is 5.39. The van der Waals surface area contributed by atoms with Crippen LogP contribution in [-0.4, -0.2) is 53.7 Å². The maximum atomic E-state index is 10.8. The minimum absolute atomic E-state index is 0.0993. The van der Waals surface area contributed by atoms with Crippen LogP contribution in [0.15, 0.2) is 18.3 Å². The average molecular weight is 263 g/mol. The van der Waals surface area contributed by atoms with Gasteiger partial charge >= 0.3 is 5.97 Å². The summed E-state index contributed by atoms with van der Waals surface area (Å²) >= 11 is 0. The molecule has 1 aromatic heterocycles. The third-order valence-corrected chi connectivity index (χ3v) is 3.33. The molecule has 0 radical (unpaired) electrons. The number of anilines is 1. The molecule has 0 spiro atoms. The van der Waals surface area contributed by atoms with Crippen molar-refractivity contribution in [1.82, 2.24) is 9.88 Å². The summed E-state index contributed by atoms with van der Waals surface area (Å²) < 4.78 is 0. The highest BCUT2D eigenvalue weighted by atomic mass is 16.4. The number of carboxylic acid groups (broad SMARTS) is 1. The van der Waals surface area contributed by atoms with Crippen LogP contribution in [0.2, 0.25) is 0 Å². The lowest BCUT2D eigenvalue weighted by Crippen LogP contribution is -2.47. The van der Waals surface area contributed by atoms with Gasteiger partial charge in [-0.3, -0.25) is 4.90 Å². The number of piperazine rings is 1. The first-order valence-corrected chi connectivity index (χ1v) is 6.73. The summed E-state index contributed by atoms with van der Waals surface area (Å²) in [4.78, 5) is 19.4. The quantitative estimate of drug-likeness (QED) is 0.893. The van der Waals surface area contributed by atoms with E-state index in [0.717, 1.165) is 38.4 Å². The van der Waals surface area contributed by atoms with Crippen LogP contribution in [0, 0.1) is 5.92 Å². The van der Waals surface area contributed by atoms with Gasteiger partial charge in [0.2, 0.25) is 0 Å². The molecule has 1 saturated heterocycles. The van der Waals surface area contributed by atoms with Crippen LogP contribution in [0.4, 0.5) is 5.69 Å². The van der Waals surface area contributed by atoms with Crippen molar-refractivity contribution in [1.29, 1.82) is 0 Å². The first kappa shape index (κ1) is 13.8. The molecular formula is C14H21N3O2. The van der Waals surface area contributed by atoms with Crippen molar-refractivity contribution in [2.45, 2.75) is 13.8 Å². The maximum Gasteiger partial charge on any atom is 0.354 e. The molecule has 1 aliphatic heterocycles. The Bertz CT molecular complexity index is 423. The van der Waals surface area contributed by atoms with Crippen LogP contribution in [0.5, 0.6) is 0 Å². The van der Waals surface area contributed by atoms with Crippen LogP contribution < -0.4 is 4.90 Å². The number of rotatable bonds is 4. The summed E-state index contributed by atoms with van der Waals surface area (Å²) in [5.41, 5.74) is 1.11. The Kier molecular flexibility index (Phi) is 4.37. The Morgan fingerprint density at radius 3 is 2.47 bits per heavy atom. The minimum Gasteiger partial charge on any atom is -0.477 e. The van der Waals surface area contributed by atoms with Gasteiger partial charge in [0.15, 0.2) is 0 Å². The minimum atomic E-state index is -0.978. The molecule has 1 aromatic rings. The van der Waals surface area contributed by atoms with E-state index in [1.807, 2.05) is 6.07 Å². The van der Waals surface area contributed by atoms with Crippen molar-refractivity contribution in [3.8, 4) is 0 Å². The molecule has 0 amide bonds. The van der Waals surface area contributed by atoms with Crippen LogP contribution in [0.1, 0.15) is 24.3 Å². The fourth-order valence-corrected chi connectivity index (χ4v) is 2.40. The number of aromatic nitrogens is 1. The Morgan fingerprint density at radius 2 is 2.00 bits per heavy atom. The second kappa shape index (κ2) is 6.02. The van der Waals surface area contributed by atoms with Crippen molar-refractivity contribution in [3.05, 3.63) is 24.0 Å². The predicted molar refractivity (Wildman–Crippen MR) is 74.7 cm³/mol. The first-order chi connectivity index (χ1) is 9.06. The highest BCUT2D eigenvalue weighted by Gasteiger charge is 2.18. The lowest BCUT2D eigenvalue weighted by atomic mass is 10.2. The Hall–Kier alpha value is -1.62. The fraction of sp³-hybridized carbons (Fsp3) is 0.571. The van der Waals surface area contributed by atoms with Crippen molar-refractivity contribution >= 4 is 11.7 Å². The van der Waals surface area contributed by atoms with E-state index in [9.17, 15) is 4.79 Å². The molecule has 19 heavy (non-hydrogen) atoms. The van der Waals surface area contributed by atoms with Crippen LogP contribution in [-0.2, 0) is 0 Å². The van der Waals surface area contributed by atoms with Gasteiger partial charge in [-0.1, -0.05) is 13.8 Å². The molecule has 104 valence electrons. The van der Waals surface area contributed by atoms with Crippen molar-refractivity contribution in [3.63, 3.8) is 0 Å². The molecule has 0 aromatic carbocycles. The number of aromatic carboxylic acids is 1. The smallest absolute Gasteiger partial charge is 0.354 e. The largest absolute Gasteiger partial charge is 0.477 e. The number of carboxylic acids is 1.